The second-order valence-corrected chi connectivity index (χ2v) is 6.53. The van der Waals surface area contributed by atoms with Crippen molar-refractivity contribution in [2.75, 3.05) is 11.8 Å². The van der Waals surface area contributed by atoms with Crippen LogP contribution in [0.1, 0.15) is 5.56 Å². The van der Waals surface area contributed by atoms with Gasteiger partial charge in [-0.2, -0.15) is 0 Å². The summed E-state index contributed by atoms with van der Waals surface area (Å²) in [6.45, 7) is 0.588. The minimum atomic E-state index is -3.69. The molecule has 2 aromatic rings. The lowest BCUT2D eigenvalue weighted by atomic mass is 10.2. The zero-order valence-electron chi connectivity index (χ0n) is 10.7. The maximum Gasteiger partial charge on any atom is 0.263 e. The molecule has 0 atom stereocenters. The van der Waals surface area contributed by atoms with Crippen LogP contribution < -0.4 is 10.0 Å². The predicted octanol–water partition coefficient (Wildman–Crippen LogP) is 1.76. The summed E-state index contributed by atoms with van der Waals surface area (Å²) < 4.78 is 27.7. The number of hydrogen-bond acceptors (Lipinski definition) is 5. The summed E-state index contributed by atoms with van der Waals surface area (Å²) >= 11 is 3.26. The lowest BCUT2D eigenvalue weighted by molar-refractivity contribution is 0.600. The monoisotopic (exact) mass is 356 g/mol. The third kappa shape index (κ3) is 3.53. The summed E-state index contributed by atoms with van der Waals surface area (Å²) in [7, 11) is -1.89. The lowest BCUT2D eigenvalue weighted by Gasteiger charge is -2.10. The molecule has 6 nitrogen and oxygen atoms in total. The highest BCUT2D eigenvalue weighted by Gasteiger charge is 2.18. The largest absolute Gasteiger partial charge is 0.316 e. The Labute approximate surface area is 125 Å². The molecule has 0 spiro atoms. The van der Waals surface area contributed by atoms with Crippen LogP contribution in [0.2, 0.25) is 0 Å². The topological polar surface area (TPSA) is 84.0 Å². The van der Waals surface area contributed by atoms with Crippen LogP contribution in [0, 0.1) is 0 Å². The molecular formula is C12H13BrN4O2S. The summed E-state index contributed by atoms with van der Waals surface area (Å²) in [6, 6.07) is 5.18. The van der Waals surface area contributed by atoms with Crippen LogP contribution in [0.5, 0.6) is 0 Å². The molecule has 0 radical (unpaired) electrons. The number of nitrogens with one attached hydrogen (secondary N) is 2. The number of nitrogens with zero attached hydrogens (tertiary/aromatic N) is 2. The molecule has 0 unspecified atom stereocenters. The number of benzene rings is 1. The highest BCUT2D eigenvalue weighted by Crippen LogP contribution is 2.25. The van der Waals surface area contributed by atoms with E-state index in [4.69, 9.17) is 0 Å². The summed E-state index contributed by atoms with van der Waals surface area (Å²) in [5, 5.41) is 2.98. The molecule has 0 saturated carbocycles. The van der Waals surface area contributed by atoms with Gasteiger partial charge in [0.25, 0.3) is 10.0 Å². The van der Waals surface area contributed by atoms with E-state index in [0.29, 0.717) is 16.7 Å². The number of rotatable bonds is 5. The molecular weight excluding hydrogens is 344 g/mol. The van der Waals surface area contributed by atoms with Gasteiger partial charge in [0, 0.05) is 11.0 Å². The normalized spacial score (nSPS) is 11.3. The van der Waals surface area contributed by atoms with E-state index in [2.05, 4.69) is 35.9 Å². The van der Waals surface area contributed by atoms with Gasteiger partial charge in [-0.1, -0.05) is 6.07 Å². The van der Waals surface area contributed by atoms with Crippen molar-refractivity contribution in [2.24, 2.45) is 0 Å². The molecule has 0 fully saturated rings. The van der Waals surface area contributed by atoms with Gasteiger partial charge in [-0.25, -0.2) is 18.4 Å². The maximum atomic E-state index is 12.4. The van der Waals surface area contributed by atoms with Gasteiger partial charge in [0.15, 0.2) is 0 Å². The number of halogens is 1. The van der Waals surface area contributed by atoms with Gasteiger partial charge in [-0.15, -0.1) is 0 Å². The Bertz CT molecular complexity index is 692. The zero-order valence-corrected chi connectivity index (χ0v) is 13.1. The average molecular weight is 357 g/mol. The van der Waals surface area contributed by atoms with Crippen molar-refractivity contribution in [1.29, 1.82) is 0 Å². The standard InChI is InChI=1S/C12H13BrN4O2S/c1-14-5-9-2-3-11(13)12(4-9)20(18,19)17-10-6-15-8-16-7-10/h2-4,6-8,14,17H,5H2,1H3. The number of anilines is 1. The Hall–Kier alpha value is -1.51. The Morgan fingerprint density at radius 2 is 1.95 bits per heavy atom. The first kappa shape index (κ1) is 14.9. The number of aromatic nitrogens is 2. The summed E-state index contributed by atoms with van der Waals surface area (Å²) in [4.78, 5) is 7.72. The van der Waals surface area contributed by atoms with E-state index in [9.17, 15) is 8.42 Å². The van der Waals surface area contributed by atoms with Gasteiger partial charge in [-0.3, -0.25) is 4.72 Å². The first-order valence-electron chi connectivity index (χ1n) is 5.74. The van der Waals surface area contributed by atoms with Crippen LogP contribution in [0.3, 0.4) is 0 Å². The van der Waals surface area contributed by atoms with E-state index in [-0.39, 0.29) is 4.90 Å². The van der Waals surface area contributed by atoms with Gasteiger partial charge in [0.2, 0.25) is 0 Å². The number of sulfonamides is 1. The maximum absolute atomic E-state index is 12.4. The van der Waals surface area contributed by atoms with E-state index in [0.717, 1.165) is 5.56 Å². The van der Waals surface area contributed by atoms with Crippen molar-refractivity contribution in [3.8, 4) is 0 Å². The minimum Gasteiger partial charge on any atom is -0.316 e. The van der Waals surface area contributed by atoms with Crippen LogP contribution in [0.4, 0.5) is 5.69 Å². The molecule has 0 aliphatic rings. The molecule has 0 aliphatic carbocycles. The predicted molar refractivity (Wildman–Crippen MR) is 79.7 cm³/mol. The molecule has 2 rings (SSSR count). The van der Waals surface area contributed by atoms with Crippen molar-refractivity contribution in [3.05, 3.63) is 47.0 Å². The number of hydrogen-bond donors (Lipinski definition) is 2. The Morgan fingerprint density at radius 3 is 2.60 bits per heavy atom. The second kappa shape index (κ2) is 6.29. The molecule has 0 bridgehead atoms. The van der Waals surface area contributed by atoms with E-state index >= 15 is 0 Å². The highest BCUT2D eigenvalue weighted by molar-refractivity contribution is 9.10. The zero-order chi connectivity index (χ0) is 14.6. The summed E-state index contributed by atoms with van der Waals surface area (Å²) in [5.41, 5.74) is 1.19. The van der Waals surface area contributed by atoms with Crippen molar-refractivity contribution in [1.82, 2.24) is 15.3 Å². The molecule has 1 aromatic heterocycles. The van der Waals surface area contributed by atoms with Crippen molar-refractivity contribution >= 4 is 31.6 Å². The quantitative estimate of drug-likeness (QED) is 0.852. The third-order valence-electron chi connectivity index (χ3n) is 2.48. The molecule has 106 valence electrons. The Balaban J connectivity index is 2.36. The molecule has 1 aromatic carbocycles. The Morgan fingerprint density at radius 1 is 1.25 bits per heavy atom. The van der Waals surface area contributed by atoms with Crippen molar-refractivity contribution in [3.63, 3.8) is 0 Å². The average Bonchev–Trinajstić information content (AvgIpc) is 2.42. The van der Waals surface area contributed by atoms with E-state index in [1.54, 1.807) is 19.2 Å². The fraction of sp³-hybridized carbons (Fsp3) is 0.167. The van der Waals surface area contributed by atoms with Crippen molar-refractivity contribution < 1.29 is 8.42 Å². The molecule has 0 amide bonds. The van der Waals surface area contributed by atoms with Gasteiger partial charge in [-0.05, 0) is 40.7 Å². The lowest BCUT2D eigenvalue weighted by Crippen LogP contribution is -2.15. The van der Waals surface area contributed by atoms with Crippen LogP contribution in [-0.4, -0.2) is 25.4 Å². The van der Waals surface area contributed by atoms with Gasteiger partial charge in [0.05, 0.1) is 18.1 Å². The molecule has 2 N–H and O–H groups in total. The van der Waals surface area contributed by atoms with E-state index in [1.165, 1.54) is 18.7 Å². The molecule has 0 saturated heterocycles. The fourth-order valence-corrected chi connectivity index (χ4v) is 3.67. The summed E-state index contributed by atoms with van der Waals surface area (Å²) in [6.07, 6.45) is 4.13. The SMILES string of the molecule is CNCc1ccc(Br)c(S(=O)(=O)Nc2cncnc2)c1. The first-order chi connectivity index (χ1) is 9.53. The van der Waals surface area contributed by atoms with Gasteiger partial charge < -0.3 is 5.32 Å². The van der Waals surface area contributed by atoms with E-state index < -0.39 is 10.0 Å². The van der Waals surface area contributed by atoms with Crippen LogP contribution in [0.15, 0.2) is 46.3 Å². The third-order valence-corrected chi connectivity index (χ3v) is 4.85. The van der Waals surface area contributed by atoms with Gasteiger partial charge >= 0.3 is 0 Å². The minimum absolute atomic E-state index is 0.175. The van der Waals surface area contributed by atoms with Crippen molar-refractivity contribution in [2.45, 2.75) is 11.4 Å². The smallest absolute Gasteiger partial charge is 0.263 e. The van der Waals surface area contributed by atoms with Gasteiger partial charge in [0.1, 0.15) is 11.2 Å². The van der Waals surface area contributed by atoms with Crippen LogP contribution in [0.25, 0.3) is 0 Å². The fourth-order valence-electron chi connectivity index (χ4n) is 1.63. The van der Waals surface area contributed by atoms with Crippen LogP contribution in [-0.2, 0) is 16.6 Å². The summed E-state index contributed by atoms with van der Waals surface area (Å²) in [5.74, 6) is 0. The highest BCUT2D eigenvalue weighted by atomic mass is 79.9. The first-order valence-corrected chi connectivity index (χ1v) is 8.01. The molecule has 0 aliphatic heterocycles. The van der Waals surface area contributed by atoms with E-state index in [1.807, 2.05) is 6.07 Å². The molecule has 8 heteroatoms. The van der Waals surface area contributed by atoms with Crippen LogP contribution >= 0.6 is 15.9 Å². The molecule has 1 heterocycles. The molecule has 20 heavy (non-hydrogen) atoms. The second-order valence-electron chi connectivity index (χ2n) is 4.03. The Kier molecular flexibility index (Phi) is 4.69.